The van der Waals surface area contributed by atoms with Crippen molar-refractivity contribution in [2.75, 3.05) is 32.2 Å². The molecule has 0 bridgehead atoms. The van der Waals surface area contributed by atoms with Crippen molar-refractivity contribution in [3.63, 3.8) is 0 Å². The summed E-state index contributed by atoms with van der Waals surface area (Å²) in [4.78, 5) is 28.3. The van der Waals surface area contributed by atoms with E-state index in [0.717, 1.165) is 19.3 Å². The van der Waals surface area contributed by atoms with Gasteiger partial charge in [-0.2, -0.15) is 0 Å². The lowest BCUT2D eigenvalue weighted by atomic mass is 10.2. The van der Waals surface area contributed by atoms with Crippen LogP contribution in [0.4, 0.5) is 5.69 Å². The maximum absolute atomic E-state index is 12.7. The highest BCUT2D eigenvalue weighted by molar-refractivity contribution is 7.90. The van der Waals surface area contributed by atoms with Crippen LogP contribution in [0.3, 0.4) is 0 Å². The molecule has 0 spiro atoms. The zero-order chi connectivity index (χ0) is 24.4. The van der Waals surface area contributed by atoms with E-state index in [1.165, 1.54) is 31.4 Å². The summed E-state index contributed by atoms with van der Waals surface area (Å²) < 4.78 is 43.2. The Morgan fingerprint density at radius 2 is 1.76 bits per heavy atom. The second-order valence-electron chi connectivity index (χ2n) is 7.45. The molecule has 10 nitrogen and oxygen atoms in total. The summed E-state index contributed by atoms with van der Waals surface area (Å²) in [5.74, 6) is 0.195. The quantitative estimate of drug-likeness (QED) is 0.517. The molecule has 11 heteroatoms. The number of ether oxygens (including phenoxy) is 3. The average molecular weight is 490 g/mol. The summed E-state index contributed by atoms with van der Waals surface area (Å²) in [5.41, 5.74) is 0.251. The van der Waals surface area contributed by atoms with E-state index in [1.807, 2.05) is 0 Å². The van der Waals surface area contributed by atoms with Gasteiger partial charge < -0.3 is 19.5 Å². The summed E-state index contributed by atoms with van der Waals surface area (Å²) in [6, 6.07) is 12.4. The van der Waals surface area contributed by atoms with Gasteiger partial charge in [-0.15, -0.1) is 0 Å². The molecule has 0 fully saturated rings. The number of nitrogens with one attached hydrogen (secondary N) is 2. The molecule has 0 aliphatic carbocycles. The van der Waals surface area contributed by atoms with Crippen LogP contribution < -0.4 is 19.5 Å². The maximum Gasteiger partial charge on any atom is 0.344 e. The largest absolute Gasteiger partial charge is 0.497 e. The number of sulfonamides is 1. The van der Waals surface area contributed by atoms with Crippen LogP contribution in [0.5, 0.6) is 11.5 Å². The van der Waals surface area contributed by atoms with Crippen molar-refractivity contribution in [3.8, 4) is 11.5 Å². The van der Waals surface area contributed by atoms with E-state index in [2.05, 4.69) is 15.0 Å². The molecule has 0 saturated heterocycles. The molecule has 2 N–H and O–H groups in total. The smallest absolute Gasteiger partial charge is 0.344 e. The molecular formula is C23H27N3O7S. The molecule has 1 aliphatic heterocycles. The summed E-state index contributed by atoms with van der Waals surface area (Å²) in [5, 5.41) is 2.52. The van der Waals surface area contributed by atoms with Crippen molar-refractivity contribution in [2.24, 2.45) is 4.99 Å². The van der Waals surface area contributed by atoms with Crippen LogP contribution in [-0.2, 0) is 24.3 Å². The highest BCUT2D eigenvalue weighted by Crippen LogP contribution is 2.18. The van der Waals surface area contributed by atoms with Gasteiger partial charge in [0.1, 0.15) is 17.3 Å². The summed E-state index contributed by atoms with van der Waals surface area (Å²) in [6.45, 7) is -0.322. The Hall–Kier alpha value is -3.60. The van der Waals surface area contributed by atoms with E-state index in [1.54, 1.807) is 24.3 Å². The average Bonchev–Trinajstić information content (AvgIpc) is 3.10. The van der Waals surface area contributed by atoms with Crippen molar-refractivity contribution in [3.05, 3.63) is 48.5 Å². The third-order valence-corrected chi connectivity index (χ3v) is 6.21. The molecule has 0 aromatic heterocycles. The van der Waals surface area contributed by atoms with Crippen LogP contribution in [0.25, 0.3) is 0 Å². The lowest BCUT2D eigenvalue weighted by Crippen LogP contribution is -2.30. The van der Waals surface area contributed by atoms with Crippen LogP contribution >= 0.6 is 0 Å². The first kappa shape index (κ1) is 25.0. The molecule has 34 heavy (non-hydrogen) atoms. The molecule has 0 saturated carbocycles. The number of rotatable bonds is 9. The van der Waals surface area contributed by atoms with Crippen LogP contribution in [0, 0.1) is 0 Å². The van der Waals surface area contributed by atoms with Gasteiger partial charge in [0.05, 0.1) is 12.0 Å². The van der Waals surface area contributed by atoms with Gasteiger partial charge in [0.15, 0.2) is 13.2 Å². The Labute approximate surface area is 198 Å². The van der Waals surface area contributed by atoms with E-state index in [9.17, 15) is 18.0 Å². The standard InChI is InChI=1S/C23H27N3O7S/c1-31-18-9-11-19(12-10-18)32-16-23(28)33-15-22(27)25-17-6-5-7-20(14-17)34(29,30)26-21-8-3-2-4-13-24-21/h5-7,9-12,14H,2-4,8,13,15-16H2,1H3,(H,24,26)(H,25,27). The van der Waals surface area contributed by atoms with Gasteiger partial charge >= 0.3 is 5.97 Å². The summed E-state index contributed by atoms with van der Waals surface area (Å²) in [7, 11) is -2.30. The Kier molecular flexibility index (Phi) is 8.86. The number of amidine groups is 1. The van der Waals surface area contributed by atoms with Crippen molar-refractivity contribution in [1.82, 2.24) is 4.72 Å². The summed E-state index contributed by atoms with van der Waals surface area (Å²) >= 11 is 0. The van der Waals surface area contributed by atoms with Crippen molar-refractivity contribution in [2.45, 2.75) is 30.6 Å². The van der Waals surface area contributed by atoms with Crippen LogP contribution in [-0.4, -0.2) is 53.0 Å². The van der Waals surface area contributed by atoms with Gasteiger partial charge in [-0.1, -0.05) is 12.5 Å². The number of anilines is 1. The van der Waals surface area contributed by atoms with E-state index >= 15 is 0 Å². The highest BCUT2D eigenvalue weighted by Gasteiger charge is 2.18. The zero-order valence-electron chi connectivity index (χ0n) is 18.8. The molecule has 3 rings (SSSR count). The fraction of sp³-hybridized carbons (Fsp3) is 0.348. The van der Waals surface area contributed by atoms with Gasteiger partial charge in [-0.05, 0) is 55.3 Å². The fourth-order valence-corrected chi connectivity index (χ4v) is 4.25. The SMILES string of the molecule is COc1ccc(OCC(=O)OCC(=O)Nc2cccc(S(=O)(=O)NC3=NCCCCC3)c2)cc1. The first-order valence-electron chi connectivity index (χ1n) is 10.7. The Balaban J connectivity index is 1.48. The van der Waals surface area contributed by atoms with Gasteiger partial charge in [-0.3, -0.25) is 14.5 Å². The molecular weight excluding hydrogens is 462 g/mol. The number of hydrogen-bond acceptors (Lipinski definition) is 8. The minimum atomic E-state index is -3.84. The number of methoxy groups -OCH3 is 1. The summed E-state index contributed by atoms with van der Waals surface area (Å²) in [6.07, 6.45) is 3.39. The number of aliphatic imine (C=N–C) groups is 1. The number of benzene rings is 2. The maximum atomic E-state index is 12.7. The van der Waals surface area contributed by atoms with Crippen molar-refractivity contribution in [1.29, 1.82) is 0 Å². The number of amides is 1. The number of esters is 1. The minimum Gasteiger partial charge on any atom is -0.497 e. The zero-order valence-corrected chi connectivity index (χ0v) is 19.6. The van der Waals surface area contributed by atoms with Crippen LogP contribution in [0.15, 0.2) is 58.4 Å². The van der Waals surface area contributed by atoms with E-state index in [0.29, 0.717) is 30.3 Å². The molecule has 182 valence electrons. The number of nitrogens with zero attached hydrogens (tertiary/aromatic N) is 1. The Bertz CT molecular complexity index is 1130. The van der Waals surface area contributed by atoms with E-state index in [-0.39, 0.29) is 17.2 Å². The van der Waals surface area contributed by atoms with Crippen molar-refractivity contribution >= 4 is 33.4 Å². The monoisotopic (exact) mass is 489 g/mol. The molecule has 1 heterocycles. The van der Waals surface area contributed by atoms with Gasteiger partial charge in [0, 0.05) is 18.7 Å². The molecule has 0 radical (unpaired) electrons. The first-order valence-corrected chi connectivity index (χ1v) is 12.2. The lowest BCUT2D eigenvalue weighted by molar-refractivity contribution is -0.149. The number of carbonyl (C=O) groups is 2. The third-order valence-electron chi connectivity index (χ3n) is 4.84. The number of hydrogen-bond donors (Lipinski definition) is 2. The van der Waals surface area contributed by atoms with Gasteiger partial charge in [-0.25, -0.2) is 13.2 Å². The minimum absolute atomic E-state index is 0.0119. The van der Waals surface area contributed by atoms with Gasteiger partial charge in [0.25, 0.3) is 15.9 Å². The lowest BCUT2D eigenvalue weighted by Gasteiger charge is -2.11. The van der Waals surface area contributed by atoms with Crippen molar-refractivity contribution < 1.29 is 32.2 Å². The van der Waals surface area contributed by atoms with E-state index in [4.69, 9.17) is 14.2 Å². The molecule has 2 aromatic rings. The molecule has 2 aromatic carbocycles. The topological polar surface area (TPSA) is 132 Å². The van der Waals surface area contributed by atoms with Crippen LogP contribution in [0.2, 0.25) is 0 Å². The second-order valence-corrected chi connectivity index (χ2v) is 9.13. The number of carbonyl (C=O) groups excluding carboxylic acids is 2. The predicted octanol–water partition coefficient (Wildman–Crippen LogP) is 2.51. The first-order chi connectivity index (χ1) is 16.4. The molecule has 0 atom stereocenters. The second kappa shape index (κ2) is 12.0. The third kappa shape index (κ3) is 7.77. The molecule has 1 aliphatic rings. The predicted molar refractivity (Wildman–Crippen MR) is 126 cm³/mol. The van der Waals surface area contributed by atoms with E-state index < -0.39 is 28.5 Å². The van der Waals surface area contributed by atoms with Gasteiger partial charge in [0.2, 0.25) is 0 Å². The van der Waals surface area contributed by atoms with Crippen LogP contribution in [0.1, 0.15) is 25.7 Å². The fourth-order valence-electron chi connectivity index (χ4n) is 3.11. The Morgan fingerprint density at radius 3 is 2.53 bits per heavy atom. The normalized spacial score (nSPS) is 13.7. The highest BCUT2D eigenvalue weighted by atomic mass is 32.2. The Morgan fingerprint density at radius 1 is 1.00 bits per heavy atom. The molecule has 1 amide bonds. The molecule has 0 unspecified atom stereocenters.